The van der Waals surface area contributed by atoms with E-state index in [1.807, 2.05) is 23.7 Å². The largest absolute Gasteiger partial charge is 0.369 e. The number of benzene rings is 1. The summed E-state index contributed by atoms with van der Waals surface area (Å²) in [6.07, 6.45) is 0. The van der Waals surface area contributed by atoms with Gasteiger partial charge in [0.05, 0.1) is 11.6 Å². The number of hydrogen-bond donors (Lipinski definition) is 0. The second-order valence-electron chi connectivity index (χ2n) is 6.40. The van der Waals surface area contributed by atoms with Gasteiger partial charge in [-0.1, -0.05) is 35.3 Å². The van der Waals surface area contributed by atoms with Crippen molar-refractivity contribution in [1.82, 2.24) is 14.7 Å². The molecule has 0 N–H and O–H groups in total. The molecule has 0 amide bonds. The van der Waals surface area contributed by atoms with E-state index in [0.29, 0.717) is 6.67 Å². The van der Waals surface area contributed by atoms with Crippen molar-refractivity contribution in [2.45, 2.75) is 17.9 Å². The van der Waals surface area contributed by atoms with Crippen LogP contribution in [0.2, 0.25) is 0 Å². The standard InChI is InChI=1S/C17H21N5O2S3/c1-13(2)11-26-16-18-21(17(25)27-16)12-19-7-9-20(10-8-19)14-3-5-15(6-4-14)22(23)24/h3-6H,1,7-12H2,2H3. The highest BCUT2D eigenvalue weighted by Crippen LogP contribution is 2.24. The zero-order valence-electron chi connectivity index (χ0n) is 15.0. The van der Waals surface area contributed by atoms with Crippen LogP contribution in [-0.2, 0) is 6.67 Å². The summed E-state index contributed by atoms with van der Waals surface area (Å²) in [5.74, 6) is 0.857. The number of piperazine rings is 1. The van der Waals surface area contributed by atoms with Crippen molar-refractivity contribution < 1.29 is 4.92 Å². The average Bonchev–Trinajstić information content (AvgIpc) is 3.00. The summed E-state index contributed by atoms with van der Waals surface area (Å²) in [5.41, 5.74) is 2.26. The van der Waals surface area contributed by atoms with E-state index in [1.54, 1.807) is 35.2 Å². The second kappa shape index (κ2) is 8.96. The van der Waals surface area contributed by atoms with Gasteiger partial charge in [-0.05, 0) is 31.3 Å². The van der Waals surface area contributed by atoms with Crippen molar-refractivity contribution in [3.63, 3.8) is 0 Å². The number of nitrogens with zero attached hydrogens (tertiary/aromatic N) is 5. The number of thioether (sulfide) groups is 1. The molecule has 1 saturated heterocycles. The third-order valence-electron chi connectivity index (χ3n) is 4.16. The van der Waals surface area contributed by atoms with Gasteiger partial charge < -0.3 is 4.90 Å². The van der Waals surface area contributed by atoms with Crippen molar-refractivity contribution in [3.05, 3.63) is 50.5 Å². The first-order valence-corrected chi connectivity index (χ1v) is 10.7. The topological polar surface area (TPSA) is 67.4 Å². The molecule has 1 aliphatic rings. The summed E-state index contributed by atoms with van der Waals surface area (Å²) in [6, 6.07) is 6.74. The summed E-state index contributed by atoms with van der Waals surface area (Å²) >= 11 is 8.66. The predicted molar refractivity (Wildman–Crippen MR) is 113 cm³/mol. The molecule has 1 aromatic carbocycles. The lowest BCUT2D eigenvalue weighted by molar-refractivity contribution is -0.384. The van der Waals surface area contributed by atoms with Gasteiger partial charge in [-0.2, -0.15) is 5.10 Å². The van der Waals surface area contributed by atoms with E-state index in [4.69, 9.17) is 12.2 Å². The summed E-state index contributed by atoms with van der Waals surface area (Å²) in [6.45, 7) is 10.1. The normalized spacial score (nSPS) is 15.1. The van der Waals surface area contributed by atoms with Crippen LogP contribution in [0.25, 0.3) is 0 Å². The molecule has 3 rings (SSSR count). The lowest BCUT2D eigenvalue weighted by Crippen LogP contribution is -2.46. The molecule has 2 aromatic rings. The quantitative estimate of drug-likeness (QED) is 0.219. The molecule has 0 aliphatic carbocycles. The summed E-state index contributed by atoms with van der Waals surface area (Å²) in [7, 11) is 0. The second-order valence-corrected chi connectivity index (χ2v) is 9.24. The van der Waals surface area contributed by atoms with Gasteiger partial charge in [-0.3, -0.25) is 15.0 Å². The number of aromatic nitrogens is 2. The molecule has 0 radical (unpaired) electrons. The van der Waals surface area contributed by atoms with Crippen LogP contribution in [0.15, 0.2) is 40.8 Å². The summed E-state index contributed by atoms with van der Waals surface area (Å²) in [4.78, 5) is 15.0. The number of nitro benzene ring substituents is 1. The third kappa shape index (κ3) is 5.38. The van der Waals surface area contributed by atoms with Crippen LogP contribution in [-0.4, -0.2) is 51.5 Å². The van der Waals surface area contributed by atoms with Crippen LogP contribution in [0.3, 0.4) is 0 Å². The molecule has 1 aliphatic heterocycles. The number of rotatable bonds is 7. The molecule has 144 valence electrons. The highest BCUT2D eigenvalue weighted by molar-refractivity contribution is 8.01. The van der Waals surface area contributed by atoms with Crippen molar-refractivity contribution in [1.29, 1.82) is 0 Å². The number of nitro groups is 1. The van der Waals surface area contributed by atoms with Crippen molar-refractivity contribution in [2.24, 2.45) is 0 Å². The first-order valence-electron chi connectivity index (χ1n) is 8.49. The van der Waals surface area contributed by atoms with Crippen molar-refractivity contribution >= 4 is 46.7 Å². The molecule has 0 spiro atoms. The minimum atomic E-state index is -0.373. The summed E-state index contributed by atoms with van der Waals surface area (Å²) < 4.78 is 3.66. The Balaban J connectivity index is 1.54. The first kappa shape index (κ1) is 20.0. The lowest BCUT2D eigenvalue weighted by Gasteiger charge is -2.35. The fourth-order valence-electron chi connectivity index (χ4n) is 2.74. The van der Waals surface area contributed by atoms with Gasteiger partial charge in [0.1, 0.15) is 0 Å². The third-order valence-corrected chi connectivity index (χ3v) is 6.83. The van der Waals surface area contributed by atoms with Crippen LogP contribution < -0.4 is 4.90 Å². The molecule has 10 heteroatoms. The number of anilines is 1. The molecule has 0 atom stereocenters. The summed E-state index contributed by atoms with van der Waals surface area (Å²) in [5, 5.41) is 15.4. The van der Waals surface area contributed by atoms with Gasteiger partial charge >= 0.3 is 0 Å². The van der Waals surface area contributed by atoms with Gasteiger partial charge in [-0.15, -0.1) is 0 Å². The Hall–Kier alpha value is -1.75. The highest BCUT2D eigenvalue weighted by atomic mass is 32.2. The Kier molecular flexibility index (Phi) is 6.64. The van der Waals surface area contributed by atoms with Gasteiger partial charge in [0.2, 0.25) is 0 Å². The van der Waals surface area contributed by atoms with E-state index >= 15 is 0 Å². The van der Waals surface area contributed by atoms with Crippen LogP contribution in [0, 0.1) is 14.1 Å². The van der Waals surface area contributed by atoms with Gasteiger partial charge in [0, 0.05) is 49.8 Å². The molecule has 0 unspecified atom stereocenters. The number of non-ortho nitro benzene ring substituents is 1. The van der Waals surface area contributed by atoms with Crippen LogP contribution in [0.5, 0.6) is 0 Å². The SMILES string of the molecule is C=C(C)CSc1nn(CN2CCN(c3ccc([N+](=O)[O-])cc3)CC2)c(=S)s1. The maximum atomic E-state index is 10.8. The zero-order valence-corrected chi connectivity index (χ0v) is 17.5. The van der Waals surface area contributed by atoms with E-state index < -0.39 is 0 Å². The van der Waals surface area contributed by atoms with Crippen LogP contribution in [0.1, 0.15) is 6.92 Å². The van der Waals surface area contributed by atoms with E-state index in [2.05, 4.69) is 21.5 Å². The fraction of sp³-hybridized carbons (Fsp3) is 0.412. The van der Waals surface area contributed by atoms with Gasteiger partial charge in [0.15, 0.2) is 8.29 Å². The first-order chi connectivity index (χ1) is 12.9. The molecular formula is C17H21N5O2S3. The maximum absolute atomic E-state index is 10.8. The molecule has 27 heavy (non-hydrogen) atoms. The van der Waals surface area contributed by atoms with Crippen LogP contribution >= 0.6 is 35.3 Å². The van der Waals surface area contributed by atoms with E-state index in [-0.39, 0.29) is 10.6 Å². The average molecular weight is 424 g/mol. The molecule has 0 bridgehead atoms. The highest BCUT2D eigenvalue weighted by Gasteiger charge is 2.19. The van der Waals surface area contributed by atoms with Crippen LogP contribution in [0.4, 0.5) is 11.4 Å². The fourth-order valence-corrected chi connectivity index (χ4v) is 4.90. The van der Waals surface area contributed by atoms with Gasteiger partial charge in [0.25, 0.3) is 5.69 Å². The zero-order chi connectivity index (χ0) is 19.4. The minimum Gasteiger partial charge on any atom is -0.369 e. The van der Waals surface area contributed by atoms with Crippen molar-refractivity contribution in [3.8, 4) is 0 Å². The molecule has 1 aromatic heterocycles. The molecular weight excluding hydrogens is 402 g/mol. The molecule has 1 fully saturated rings. The predicted octanol–water partition coefficient (Wildman–Crippen LogP) is 4.03. The Morgan fingerprint density at radius 3 is 2.59 bits per heavy atom. The number of hydrogen-bond acceptors (Lipinski definition) is 8. The maximum Gasteiger partial charge on any atom is 0.269 e. The van der Waals surface area contributed by atoms with E-state index in [0.717, 1.165) is 51.5 Å². The van der Waals surface area contributed by atoms with Crippen molar-refractivity contribution in [2.75, 3.05) is 36.8 Å². The van der Waals surface area contributed by atoms with E-state index in [1.165, 1.54) is 0 Å². The Morgan fingerprint density at radius 1 is 1.33 bits per heavy atom. The monoisotopic (exact) mass is 423 g/mol. The Morgan fingerprint density at radius 2 is 2.00 bits per heavy atom. The lowest BCUT2D eigenvalue weighted by atomic mass is 10.2. The van der Waals surface area contributed by atoms with Gasteiger partial charge in [-0.25, -0.2) is 4.68 Å². The molecule has 7 nitrogen and oxygen atoms in total. The van der Waals surface area contributed by atoms with E-state index in [9.17, 15) is 10.1 Å². The molecule has 0 saturated carbocycles. The Bertz CT molecular complexity index is 869. The molecule has 2 heterocycles. The smallest absolute Gasteiger partial charge is 0.269 e. The minimum absolute atomic E-state index is 0.121. The Labute approximate surface area is 171 Å².